The molecule has 0 spiro atoms. The quantitative estimate of drug-likeness (QED) is 0.732. The maximum Gasteiger partial charge on any atom is 0.250 e. The van der Waals surface area contributed by atoms with Crippen LogP contribution in [0.4, 0.5) is 0 Å². The standard InChI is InChI=1S/C21H34N2OS/c1-22-11-4-8-17(10-13-22)20-14-18(15-25-20)21(24)23-12-5-7-16-6-2-3-9-19(16)23/h15-17,19-20H,2-14H2,1H3. The predicted octanol–water partition coefficient (Wildman–Crippen LogP) is 4.29. The lowest BCUT2D eigenvalue weighted by atomic mass is 9.78. The number of rotatable bonds is 2. The van der Waals surface area contributed by atoms with Crippen molar-refractivity contribution in [1.82, 2.24) is 9.80 Å². The van der Waals surface area contributed by atoms with Crippen LogP contribution < -0.4 is 0 Å². The van der Waals surface area contributed by atoms with Crippen LogP contribution in [0.25, 0.3) is 0 Å². The predicted molar refractivity (Wildman–Crippen MR) is 106 cm³/mol. The summed E-state index contributed by atoms with van der Waals surface area (Å²) in [6.45, 7) is 3.46. The van der Waals surface area contributed by atoms with Crippen LogP contribution in [0, 0.1) is 11.8 Å². The number of fused-ring (bicyclic) bond motifs is 1. The minimum Gasteiger partial charge on any atom is -0.336 e. The van der Waals surface area contributed by atoms with Crippen molar-refractivity contribution in [3.63, 3.8) is 0 Å². The second kappa shape index (κ2) is 8.04. The highest BCUT2D eigenvalue weighted by molar-refractivity contribution is 8.03. The fourth-order valence-electron chi connectivity index (χ4n) is 5.60. The molecule has 1 amide bonds. The van der Waals surface area contributed by atoms with Gasteiger partial charge in [0.15, 0.2) is 0 Å². The van der Waals surface area contributed by atoms with Gasteiger partial charge in [-0.3, -0.25) is 4.79 Å². The normalized spacial score (nSPS) is 37.3. The van der Waals surface area contributed by atoms with Gasteiger partial charge < -0.3 is 9.80 Å². The summed E-state index contributed by atoms with van der Waals surface area (Å²) in [4.78, 5) is 18.0. The summed E-state index contributed by atoms with van der Waals surface area (Å²) in [5.74, 6) is 1.96. The summed E-state index contributed by atoms with van der Waals surface area (Å²) in [7, 11) is 2.24. The van der Waals surface area contributed by atoms with Gasteiger partial charge in [-0.25, -0.2) is 0 Å². The SMILES string of the molecule is CN1CCCC(C2CC(C(=O)N3CCCC4CCCCC43)=CS2)CC1. The largest absolute Gasteiger partial charge is 0.336 e. The van der Waals surface area contributed by atoms with E-state index >= 15 is 0 Å². The third-order valence-corrected chi connectivity index (χ3v) is 8.43. The van der Waals surface area contributed by atoms with Gasteiger partial charge in [-0.1, -0.05) is 12.8 Å². The first-order chi connectivity index (χ1) is 12.2. The van der Waals surface area contributed by atoms with Gasteiger partial charge in [0.2, 0.25) is 0 Å². The number of carbonyl (C=O) groups is 1. The van der Waals surface area contributed by atoms with Crippen LogP contribution in [0.2, 0.25) is 0 Å². The van der Waals surface area contributed by atoms with Gasteiger partial charge in [-0.2, -0.15) is 0 Å². The van der Waals surface area contributed by atoms with Gasteiger partial charge in [-0.05, 0) is 88.7 Å². The summed E-state index contributed by atoms with van der Waals surface area (Å²) in [6, 6.07) is 0.548. The molecule has 4 rings (SSSR count). The van der Waals surface area contributed by atoms with Crippen molar-refractivity contribution in [1.29, 1.82) is 0 Å². The fraction of sp³-hybridized carbons (Fsp3) is 0.857. The zero-order valence-electron chi connectivity index (χ0n) is 15.8. The molecule has 1 saturated carbocycles. The van der Waals surface area contributed by atoms with Crippen molar-refractivity contribution < 1.29 is 4.79 Å². The van der Waals surface area contributed by atoms with E-state index in [0.717, 1.165) is 30.4 Å². The second-order valence-electron chi connectivity index (χ2n) is 8.77. The van der Waals surface area contributed by atoms with Crippen LogP contribution in [-0.4, -0.2) is 53.7 Å². The van der Waals surface area contributed by atoms with Gasteiger partial charge in [-0.15, -0.1) is 11.8 Å². The van der Waals surface area contributed by atoms with E-state index in [-0.39, 0.29) is 0 Å². The molecule has 4 aliphatic rings. The Balaban J connectivity index is 1.36. The molecule has 3 heterocycles. The number of carbonyl (C=O) groups excluding carboxylic acids is 1. The molecule has 3 fully saturated rings. The molecule has 0 radical (unpaired) electrons. The molecule has 140 valence electrons. The summed E-state index contributed by atoms with van der Waals surface area (Å²) < 4.78 is 0. The van der Waals surface area contributed by atoms with Crippen molar-refractivity contribution in [2.45, 2.75) is 75.5 Å². The number of nitrogens with zero attached hydrogens (tertiary/aromatic N) is 2. The van der Waals surface area contributed by atoms with Gasteiger partial charge in [0.05, 0.1) is 0 Å². The Hall–Kier alpha value is -0.480. The molecule has 0 aromatic heterocycles. The Morgan fingerprint density at radius 2 is 1.72 bits per heavy atom. The van der Waals surface area contributed by atoms with Crippen LogP contribution in [-0.2, 0) is 4.79 Å². The van der Waals surface area contributed by atoms with Gasteiger partial charge in [0, 0.05) is 23.4 Å². The molecule has 3 nitrogen and oxygen atoms in total. The van der Waals surface area contributed by atoms with Crippen LogP contribution in [0.5, 0.6) is 0 Å². The smallest absolute Gasteiger partial charge is 0.250 e. The molecule has 2 saturated heterocycles. The first-order valence-electron chi connectivity index (χ1n) is 10.6. The lowest BCUT2D eigenvalue weighted by Gasteiger charge is -2.44. The van der Waals surface area contributed by atoms with Crippen molar-refractivity contribution in [3.8, 4) is 0 Å². The number of hydrogen-bond acceptors (Lipinski definition) is 3. The first-order valence-corrected chi connectivity index (χ1v) is 11.5. The highest BCUT2D eigenvalue weighted by Gasteiger charge is 2.38. The van der Waals surface area contributed by atoms with Crippen LogP contribution in [0.15, 0.2) is 11.0 Å². The van der Waals surface area contributed by atoms with E-state index in [2.05, 4.69) is 22.3 Å². The number of thioether (sulfide) groups is 1. The summed E-state index contributed by atoms with van der Waals surface area (Å²) >= 11 is 1.96. The van der Waals surface area contributed by atoms with E-state index in [4.69, 9.17) is 0 Å². The highest BCUT2D eigenvalue weighted by atomic mass is 32.2. The summed E-state index contributed by atoms with van der Waals surface area (Å²) in [6.07, 6.45) is 12.8. The topological polar surface area (TPSA) is 23.6 Å². The molecule has 4 unspecified atom stereocenters. The number of piperidine rings is 1. The maximum atomic E-state index is 13.2. The third-order valence-electron chi connectivity index (χ3n) is 7.11. The third kappa shape index (κ3) is 3.95. The van der Waals surface area contributed by atoms with Crippen molar-refractivity contribution in [2.24, 2.45) is 11.8 Å². The highest BCUT2D eigenvalue weighted by Crippen LogP contribution is 2.41. The Morgan fingerprint density at radius 1 is 0.960 bits per heavy atom. The summed E-state index contributed by atoms with van der Waals surface area (Å²) in [5.41, 5.74) is 1.12. The zero-order valence-corrected chi connectivity index (χ0v) is 16.6. The van der Waals surface area contributed by atoms with Crippen LogP contribution >= 0.6 is 11.8 Å². The molecule has 0 N–H and O–H groups in total. The Labute approximate surface area is 157 Å². The lowest BCUT2D eigenvalue weighted by molar-refractivity contribution is -0.133. The first kappa shape index (κ1) is 17.9. The van der Waals surface area contributed by atoms with Crippen molar-refractivity contribution in [3.05, 3.63) is 11.0 Å². The maximum absolute atomic E-state index is 13.2. The molecule has 4 atom stereocenters. The molecular weight excluding hydrogens is 328 g/mol. The zero-order chi connectivity index (χ0) is 17.2. The van der Waals surface area contributed by atoms with E-state index in [1.54, 1.807) is 0 Å². The molecule has 0 aromatic carbocycles. The fourth-order valence-corrected chi connectivity index (χ4v) is 6.90. The lowest BCUT2D eigenvalue weighted by Crippen LogP contribution is -2.50. The van der Waals surface area contributed by atoms with Gasteiger partial charge in [0.25, 0.3) is 5.91 Å². The summed E-state index contributed by atoms with van der Waals surface area (Å²) in [5, 5.41) is 2.88. The van der Waals surface area contributed by atoms with E-state index < -0.39 is 0 Å². The molecule has 0 bridgehead atoms. The van der Waals surface area contributed by atoms with Crippen LogP contribution in [0.1, 0.15) is 64.2 Å². The molecule has 3 aliphatic heterocycles. The van der Waals surface area contributed by atoms with Gasteiger partial charge in [0.1, 0.15) is 0 Å². The number of likely N-dealkylation sites (tertiary alicyclic amines) is 2. The van der Waals surface area contributed by atoms with Crippen molar-refractivity contribution in [2.75, 3.05) is 26.7 Å². The van der Waals surface area contributed by atoms with E-state index in [1.807, 2.05) is 11.8 Å². The van der Waals surface area contributed by atoms with Crippen molar-refractivity contribution >= 4 is 17.7 Å². The van der Waals surface area contributed by atoms with E-state index in [1.165, 1.54) is 70.9 Å². The monoisotopic (exact) mass is 362 g/mol. The second-order valence-corrected chi connectivity index (χ2v) is 9.88. The number of hydrogen-bond donors (Lipinski definition) is 0. The molecular formula is C21H34N2OS. The minimum absolute atomic E-state index is 0.386. The molecule has 25 heavy (non-hydrogen) atoms. The molecule has 1 aliphatic carbocycles. The van der Waals surface area contributed by atoms with E-state index in [9.17, 15) is 4.79 Å². The van der Waals surface area contributed by atoms with Gasteiger partial charge >= 0.3 is 0 Å². The van der Waals surface area contributed by atoms with E-state index in [0.29, 0.717) is 17.2 Å². The average Bonchev–Trinajstić information content (AvgIpc) is 3.03. The average molecular weight is 363 g/mol. The minimum atomic E-state index is 0.386. The molecule has 0 aromatic rings. The molecule has 4 heteroatoms. The van der Waals surface area contributed by atoms with Crippen LogP contribution in [0.3, 0.4) is 0 Å². The Kier molecular flexibility index (Phi) is 5.76. The Morgan fingerprint density at radius 3 is 2.64 bits per heavy atom. The number of amides is 1. The Bertz CT molecular complexity index is 518.